The average Bonchev–Trinajstić information content (AvgIpc) is 2.27. The fraction of sp³-hybridized carbons (Fsp3) is 0.417. The number of carbonyl (C=O) groups is 1. The fourth-order valence-corrected chi connectivity index (χ4v) is 1.24. The second-order valence-electron chi connectivity index (χ2n) is 3.83. The maximum Gasteiger partial charge on any atom is 0.323 e. The highest BCUT2D eigenvalue weighted by molar-refractivity contribution is 5.78. The van der Waals surface area contributed by atoms with Crippen molar-refractivity contribution in [1.29, 1.82) is 0 Å². The molecule has 1 aromatic rings. The molecular weight excluding hydrogens is 190 g/mol. The van der Waals surface area contributed by atoms with Crippen molar-refractivity contribution in [2.24, 2.45) is 0 Å². The molecule has 82 valence electrons. The van der Waals surface area contributed by atoms with Crippen molar-refractivity contribution in [1.82, 2.24) is 5.32 Å². The molecule has 1 rings (SSSR count). The number of hydrogen-bond acceptors (Lipinski definition) is 2. The molecule has 0 saturated heterocycles. The lowest BCUT2D eigenvalue weighted by Gasteiger charge is -2.24. The zero-order chi connectivity index (χ0) is 11.3. The molecule has 0 aliphatic carbocycles. The standard InChI is InChI=1S/C12H17NO2/c1-3-12(2,11(14)15)13-9-10-7-5-4-6-8-10/h4-8,13H,3,9H2,1-2H3,(H,14,15)/t12-/m1/s1. The topological polar surface area (TPSA) is 49.3 Å². The third kappa shape index (κ3) is 3.06. The number of rotatable bonds is 5. The summed E-state index contributed by atoms with van der Waals surface area (Å²) in [5, 5.41) is 12.1. The monoisotopic (exact) mass is 207 g/mol. The Labute approximate surface area is 90.1 Å². The molecule has 0 saturated carbocycles. The van der Waals surface area contributed by atoms with Gasteiger partial charge in [0.1, 0.15) is 5.54 Å². The van der Waals surface area contributed by atoms with Gasteiger partial charge in [0.05, 0.1) is 0 Å². The molecule has 15 heavy (non-hydrogen) atoms. The van der Waals surface area contributed by atoms with Gasteiger partial charge in [-0.1, -0.05) is 37.3 Å². The van der Waals surface area contributed by atoms with Crippen molar-refractivity contribution in [3.8, 4) is 0 Å². The van der Waals surface area contributed by atoms with Crippen LogP contribution in [0.4, 0.5) is 0 Å². The Bertz CT molecular complexity index is 324. The first-order chi connectivity index (χ1) is 7.08. The van der Waals surface area contributed by atoms with E-state index in [4.69, 9.17) is 5.11 Å². The molecule has 3 heteroatoms. The summed E-state index contributed by atoms with van der Waals surface area (Å²) in [5.41, 5.74) is 0.258. The summed E-state index contributed by atoms with van der Waals surface area (Å²) in [6.45, 7) is 4.15. The van der Waals surface area contributed by atoms with Crippen LogP contribution < -0.4 is 5.32 Å². The Morgan fingerprint density at radius 1 is 1.40 bits per heavy atom. The van der Waals surface area contributed by atoms with E-state index >= 15 is 0 Å². The van der Waals surface area contributed by atoms with E-state index in [1.165, 1.54) is 0 Å². The van der Waals surface area contributed by atoms with Crippen LogP contribution in [0.15, 0.2) is 30.3 Å². The lowest BCUT2D eigenvalue weighted by Crippen LogP contribution is -2.48. The summed E-state index contributed by atoms with van der Waals surface area (Å²) in [5.74, 6) is -0.805. The highest BCUT2D eigenvalue weighted by Gasteiger charge is 2.29. The third-order valence-corrected chi connectivity index (χ3v) is 2.70. The van der Waals surface area contributed by atoms with E-state index in [1.807, 2.05) is 37.3 Å². The number of carboxylic acids is 1. The molecule has 0 aliphatic rings. The van der Waals surface area contributed by atoms with Crippen molar-refractivity contribution < 1.29 is 9.90 Å². The van der Waals surface area contributed by atoms with Crippen LogP contribution in [0.5, 0.6) is 0 Å². The summed E-state index contributed by atoms with van der Waals surface area (Å²) >= 11 is 0. The van der Waals surface area contributed by atoms with Gasteiger partial charge in [0.15, 0.2) is 0 Å². The fourth-order valence-electron chi connectivity index (χ4n) is 1.24. The van der Waals surface area contributed by atoms with Crippen LogP contribution in [0.1, 0.15) is 25.8 Å². The van der Waals surface area contributed by atoms with Crippen molar-refractivity contribution >= 4 is 5.97 Å². The van der Waals surface area contributed by atoms with Crippen molar-refractivity contribution in [3.05, 3.63) is 35.9 Å². The first-order valence-electron chi connectivity index (χ1n) is 5.11. The summed E-state index contributed by atoms with van der Waals surface area (Å²) in [4.78, 5) is 11.0. The van der Waals surface area contributed by atoms with Crippen LogP contribution in [0.2, 0.25) is 0 Å². The van der Waals surface area contributed by atoms with Crippen molar-refractivity contribution in [3.63, 3.8) is 0 Å². The maximum atomic E-state index is 11.0. The molecule has 3 nitrogen and oxygen atoms in total. The van der Waals surface area contributed by atoms with E-state index in [2.05, 4.69) is 5.32 Å². The minimum atomic E-state index is -0.837. The SMILES string of the molecule is CC[C@@](C)(NCc1ccccc1)C(=O)O. The van der Waals surface area contributed by atoms with Crippen molar-refractivity contribution in [2.45, 2.75) is 32.4 Å². The molecular formula is C12H17NO2. The minimum Gasteiger partial charge on any atom is -0.480 e. The van der Waals surface area contributed by atoms with E-state index in [1.54, 1.807) is 6.92 Å². The highest BCUT2D eigenvalue weighted by Crippen LogP contribution is 2.10. The summed E-state index contributed by atoms with van der Waals surface area (Å²) in [6.07, 6.45) is 0.565. The van der Waals surface area contributed by atoms with Crippen LogP contribution in [0.3, 0.4) is 0 Å². The lowest BCUT2D eigenvalue weighted by atomic mass is 9.99. The second kappa shape index (κ2) is 4.94. The minimum absolute atomic E-state index is 0.565. The molecule has 0 heterocycles. The predicted molar refractivity (Wildman–Crippen MR) is 59.6 cm³/mol. The smallest absolute Gasteiger partial charge is 0.323 e. The lowest BCUT2D eigenvalue weighted by molar-refractivity contribution is -0.144. The van der Waals surface area contributed by atoms with Crippen LogP contribution in [0, 0.1) is 0 Å². The average molecular weight is 207 g/mol. The molecule has 1 atom stereocenters. The number of benzene rings is 1. The molecule has 0 aromatic heterocycles. The first kappa shape index (κ1) is 11.7. The van der Waals surface area contributed by atoms with Gasteiger partial charge < -0.3 is 5.11 Å². The van der Waals surface area contributed by atoms with Gasteiger partial charge in [0, 0.05) is 6.54 Å². The molecule has 0 spiro atoms. The molecule has 0 radical (unpaired) electrons. The van der Waals surface area contributed by atoms with Gasteiger partial charge in [-0.2, -0.15) is 0 Å². The molecule has 0 unspecified atom stereocenters. The first-order valence-corrected chi connectivity index (χ1v) is 5.11. The Hall–Kier alpha value is -1.35. The van der Waals surface area contributed by atoms with Crippen LogP contribution in [-0.4, -0.2) is 16.6 Å². The van der Waals surface area contributed by atoms with E-state index in [0.717, 1.165) is 5.56 Å². The second-order valence-corrected chi connectivity index (χ2v) is 3.83. The molecule has 0 aliphatic heterocycles. The van der Waals surface area contributed by atoms with Crippen LogP contribution >= 0.6 is 0 Å². The van der Waals surface area contributed by atoms with Crippen molar-refractivity contribution in [2.75, 3.05) is 0 Å². The summed E-state index contributed by atoms with van der Waals surface area (Å²) in [6, 6.07) is 9.79. The van der Waals surface area contributed by atoms with E-state index in [-0.39, 0.29) is 0 Å². The van der Waals surface area contributed by atoms with Gasteiger partial charge in [0.2, 0.25) is 0 Å². The van der Waals surface area contributed by atoms with E-state index < -0.39 is 11.5 Å². The number of nitrogens with one attached hydrogen (secondary N) is 1. The Morgan fingerprint density at radius 3 is 2.47 bits per heavy atom. The third-order valence-electron chi connectivity index (χ3n) is 2.70. The normalized spacial score (nSPS) is 14.5. The summed E-state index contributed by atoms with van der Waals surface area (Å²) in [7, 11) is 0. The van der Waals surface area contributed by atoms with Gasteiger partial charge in [-0.05, 0) is 18.9 Å². The quantitative estimate of drug-likeness (QED) is 0.776. The summed E-state index contributed by atoms with van der Waals surface area (Å²) < 4.78 is 0. The van der Waals surface area contributed by atoms with E-state index in [0.29, 0.717) is 13.0 Å². The largest absolute Gasteiger partial charge is 0.480 e. The van der Waals surface area contributed by atoms with Gasteiger partial charge in [-0.3, -0.25) is 10.1 Å². The highest BCUT2D eigenvalue weighted by atomic mass is 16.4. The molecule has 2 N–H and O–H groups in total. The maximum absolute atomic E-state index is 11.0. The Balaban J connectivity index is 2.59. The Kier molecular flexibility index (Phi) is 3.86. The molecule has 0 fully saturated rings. The molecule has 0 amide bonds. The van der Waals surface area contributed by atoms with Gasteiger partial charge in [-0.25, -0.2) is 0 Å². The zero-order valence-corrected chi connectivity index (χ0v) is 9.16. The number of carboxylic acid groups (broad SMARTS) is 1. The van der Waals surface area contributed by atoms with Gasteiger partial charge in [0.25, 0.3) is 0 Å². The molecule has 0 bridgehead atoms. The van der Waals surface area contributed by atoms with Gasteiger partial charge >= 0.3 is 5.97 Å². The van der Waals surface area contributed by atoms with Crippen LogP contribution in [0.25, 0.3) is 0 Å². The number of hydrogen-bond donors (Lipinski definition) is 2. The zero-order valence-electron chi connectivity index (χ0n) is 9.16. The number of aliphatic carboxylic acids is 1. The Morgan fingerprint density at radius 2 is 2.00 bits per heavy atom. The van der Waals surface area contributed by atoms with E-state index in [9.17, 15) is 4.79 Å². The van der Waals surface area contributed by atoms with Gasteiger partial charge in [-0.15, -0.1) is 0 Å². The molecule has 1 aromatic carbocycles. The van der Waals surface area contributed by atoms with Crippen LogP contribution in [-0.2, 0) is 11.3 Å². The predicted octanol–water partition coefficient (Wildman–Crippen LogP) is 2.03.